The number of hydrogen-bond acceptors (Lipinski definition) is 3. The van der Waals surface area contributed by atoms with Crippen molar-refractivity contribution in [3.8, 4) is 0 Å². The van der Waals surface area contributed by atoms with Gasteiger partial charge in [0.1, 0.15) is 0 Å². The molecule has 1 saturated heterocycles. The molecule has 1 unspecified atom stereocenters. The lowest BCUT2D eigenvalue weighted by Gasteiger charge is -2.08. The number of carboxylic acids is 1. The Labute approximate surface area is 76.9 Å². The Morgan fingerprint density at radius 3 is 3.08 bits per heavy atom. The molecule has 2 N–H and O–H groups in total. The van der Waals surface area contributed by atoms with Crippen LogP contribution in [0.25, 0.3) is 0 Å². The predicted molar refractivity (Wildman–Crippen MR) is 50.6 cm³/mol. The standard InChI is InChI=1S/C8H15NO2S/c10-8(11)3-4-9-6-7-2-1-5-12-7/h7,9H,1-6H2,(H,10,11). The Morgan fingerprint density at radius 2 is 2.50 bits per heavy atom. The fraction of sp³-hybridized carbons (Fsp3) is 0.875. The number of carbonyl (C=O) groups is 1. The zero-order chi connectivity index (χ0) is 8.81. The molecule has 1 heterocycles. The zero-order valence-corrected chi connectivity index (χ0v) is 7.90. The molecule has 1 aliphatic heterocycles. The van der Waals surface area contributed by atoms with Crippen LogP contribution in [-0.4, -0.2) is 35.2 Å². The van der Waals surface area contributed by atoms with E-state index in [1.807, 2.05) is 11.8 Å². The molecular formula is C8H15NO2S. The van der Waals surface area contributed by atoms with Gasteiger partial charge in [-0.15, -0.1) is 0 Å². The van der Waals surface area contributed by atoms with Gasteiger partial charge in [0.25, 0.3) is 0 Å². The third-order valence-electron chi connectivity index (χ3n) is 1.91. The molecule has 1 atom stereocenters. The number of aliphatic carboxylic acids is 1. The normalized spacial score (nSPS) is 22.8. The second kappa shape index (κ2) is 5.43. The van der Waals surface area contributed by atoms with Crippen molar-refractivity contribution in [3.63, 3.8) is 0 Å². The third-order valence-corrected chi connectivity index (χ3v) is 3.31. The van der Waals surface area contributed by atoms with Gasteiger partial charge in [-0.25, -0.2) is 0 Å². The van der Waals surface area contributed by atoms with E-state index in [4.69, 9.17) is 5.11 Å². The van der Waals surface area contributed by atoms with Crippen molar-refractivity contribution in [3.05, 3.63) is 0 Å². The highest BCUT2D eigenvalue weighted by Gasteiger charge is 2.14. The minimum Gasteiger partial charge on any atom is -0.481 e. The largest absolute Gasteiger partial charge is 0.481 e. The van der Waals surface area contributed by atoms with Crippen LogP contribution in [0.15, 0.2) is 0 Å². The average molecular weight is 189 g/mol. The molecular weight excluding hydrogens is 174 g/mol. The molecule has 0 spiro atoms. The fourth-order valence-corrected chi connectivity index (χ4v) is 2.50. The van der Waals surface area contributed by atoms with E-state index in [2.05, 4.69) is 5.32 Å². The molecule has 1 aliphatic rings. The van der Waals surface area contributed by atoms with E-state index < -0.39 is 5.97 Å². The summed E-state index contributed by atoms with van der Waals surface area (Å²) in [5, 5.41) is 12.2. The van der Waals surface area contributed by atoms with Crippen LogP contribution in [0.1, 0.15) is 19.3 Å². The van der Waals surface area contributed by atoms with Gasteiger partial charge in [0.05, 0.1) is 6.42 Å². The summed E-state index contributed by atoms with van der Waals surface area (Å²) in [6.07, 6.45) is 2.83. The summed E-state index contributed by atoms with van der Waals surface area (Å²) in [5.41, 5.74) is 0. The van der Waals surface area contributed by atoms with Gasteiger partial charge >= 0.3 is 5.97 Å². The minimum absolute atomic E-state index is 0.234. The van der Waals surface area contributed by atoms with Crippen LogP contribution < -0.4 is 5.32 Å². The van der Waals surface area contributed by atoms with Gasteiger partial charge in [0, 0.05) is 18.3 Å². The molecule has 0 aromatic carbocycles. The number of rotatable bonds is 5. The maximum absolute atomic E-state index is 10.2. The maximum atomic E-state index is 10.2. The molecule has 0 radical (unpaired) electrons. The van der Waals surface area contributed by atoms with E-state index in [1.54, 1.807) is 0 Å². The molecule has 3 nitrogen and oxygen atoms in total. The van der Waals surface area contributed by atoms with Crippen LogP contribution >= 0.6 is 11.8 Å². The first kappa shape index (κ1) is 9.86. The van der Waals surface area contributed by atoms with Crippen molar-refractivity contribution in [1.82, 2.24) is 5.32 Å². The van der Waals surface area contributed by atoms with Crippen LogP contribution in [0.5, 0.6) is 0 Å². The summed E-state index contributed by atoms with van der Waals surface area (Å²) in [6, 6.07) is 0. The van der Waals surface area contributed by atoms with E-state index in [-0.39, 0.29) is 6.42 Å². The lowest BCUT2D eigenvalue weighted by molar-refractivity contribution is -0.136. The van der Waals surface area contributed by atoms with E-state index in [0.717, 1.165) is 11.8 Å². The Balaban J connectivity index is 1.91. The SMILES string of the molecule is O=C(O)CCNCC1CCCS1. The maximum Gasteiger partial charge on any atom is 0.304 e. The molecule has 1 rings (SSSR count). The van der Waals surface area contributed by atoms with Crippen molar-refractivity contribution in [2.24, 2.45) is 0 Å². The van der Waals surface area contributed by atoms with Gasteiger partial charge in [-0.3, -0.25) is 4.79 Å². The molecule has 0 amide bonds. The number of thioether (sulfide) groups is 1. The molecule has 0 aromatic rings. The molecule has 0 bridgehead atoms. The first-order chi connectivity index (χ1) is 5.79. The summed E-state index contributed by atoms with van der Waals surface area (Å²) in [5.74, 6) is 0.548. The molecule has 4 heteroatoms. The van der Waals surface area contributed by atoms with Crippen LogP contribution in [-0.2, 0) is 4.79 Å². The van der Waals surface area contributed by atoms with E-state index in [0.29, 0.717) is 6.54 Å². The Hall–Kier alpha value is -0.220. The molecule has 0 aromatic heterocycles. The van der Waals surface area contributed by atoms with Crippen LogP contribution in [0.4, 0.5) is 0 Å². The third kappa shape index (κ3) is 3.97. The van der Waals surface area contributed by atoms with Crippen molar-refractivity contribution in [2.75, 3.05) is 18.8 Å². The molecule has 70 valence electrons. The van der Waals surface area contributed by atoms with Crippen molar-refractivity contribution in [1.29, 1.82) is 0 Å². The van der Waals surface area contributed by atoms with Crippen LogP contribution in [0, 0.1) is 0 Å². The second-order valence-electron chi connectivity index (χ2n) is 2.98. The van der Waals surface area contributed by atoms with E-state index >= 15 is 0 Å². The van der Waals surface area contributed by atoms with Crippen LogP contribution in [0.3, 0.4) is 0 Å². The second-order valence-corrected chi connectivity index (χ2v) is 4.39. The van der Waals surface area contributed by atoms with E-state index in [9.17, 15) is 4.79 Å². The topological polar surface area (TPSA) is 49.3 Å². The van der Waals surface area contributed by atoms with E-state index in [1.165, 1.54) is 18.6 Å². The zero-order valence-electron chi connectivity index (χ0n) is 7.08. The fourth-order valence-electron chi connectivity index (χ4n) is 1.26. The molecule has 12 heavy (non-hydrogen) atoms. The lowest BCUT2D eigenvalue weighted by atomic mass is 10.2. The van der Waals surface area contributed by atoms with Crippen molar-refractivity contribution in [2.45, 2.75) is 24.5 Å². The molecule has 1 fully saturated rings. The average Bonchev–Trinajstić information content (AvgIpc) is 2.49. The lowest BCUT2D eigenvalue weighted by Crippen LogP contribution is -2.25. The molecule has 0 saturated carbocycles. The summed E-state index contributed by atoms with van der Waals surface area (Å²) in [7, 11) is 0. The van der Waals surface area contributed by atoms with Gasteiger partial charge in [-0.1, -0.05) is 0 Å². The number of hydrogen-bond donors (Lipinski definition) is 2. The summed E-state index contributed by atoms with van der Waals surface area (Å²) in [6.45, 7) is 1.57. The highest BCUT2D eigenvalue weighted by molar-refractivity contribution is 8.00. The monoisotopic (exact) mass is 189 g/mol. The first-order valence-corrected chi connectivity index (χ1v) is 5.38. The Kier molecular flexibility index (Phi) is 4.46. The van der Waals surface area contributed by atoms with Gasteiger partial charge < -0.3 is 10.4 Å². The number of nitrogens with one attached hydrogen (secondary N) is 1. The first-order valence-electron chi connectivity index (χ1n) is 4.33. The number of carboxylic acid groups (broad SMARTS) is 1. The highest BCUT2D eigenvalue weighted by atomic mass is 32.2. The molecule has 0 aliphatic carbocycles. The predicted octanol–water partition coefficient (Wildman–Crippen LogP) is 0.946. The highest BCUT2D eigenvalue weighted by Crippen LogP contribution is 2.24. The van der Waals surface area contributed by atoms with Gasteiger partial charge in [-0.2, -0.15) is 11.8 Å². The summed E-state index contributed by atoms with van der Waals surface area (Å²) >= 11 is 1.99. The van der Waals surface area contributed by atoms with Gasteiger partial charge in [0.15, 0.2) is 0 Å². The minimum atomic E-state index is -0.721. The van der Waals surface area contributed by atoms with Gasteiger partial charge in [0.2, 0.25) is 0 Å². The quantitative estimate of drug-likeness (QED) is 0.632. The summed E-state index contributed by atoms with van der Waals surface area (Å²) in [4.78, 5) is 10.2. The summed E-state index contributed by atoms with van der Waals surface area (Å²) < 4.78 is 0. The van der Waals surface area contributed by atoms with Crippen molar-refractivity contribution >= 4 is 17.7 Å². The Bertz CT molecular complexity index is 146. The smallest absolute Gasteiger partial charge is 0.304 e. The van der Waals surface area contributed by atoms with Crippen LogP contribution in [0.2, 0.25) is 0 Å². The van der Waals surface area contributed by atoms with Crippen molar-refractivity contribution < 1.29 is 9.90 Å². The van der Waals surface area contributed by atoms with Gasteiger partial charge in [-0.05, 0) is 18.6 Å². The Morgan fingerprint density at radius 1 is 1.67 bits per heavy atom.